The molecule has 1 aliphatic heterocycles. The summed E-state index contributed by atoms with van der Waals surface area (Å²) >= 11 is 0. The summed E-state index contributed by atoms with van der Waals surface area (Å²) in [6, 6.07) is 12.2. The molecule has 1 N–H and O–H groups in total. The van der Waals surface area contributed by atoms with Crippen LogP contribution in [-0.4, -0.2) is 55.8 Å². The Hall–Kier alpha value is -3.17. The third kappa shape index (κ3) is 6.16. The highest BCUT2D eigenvalue weighted by Gasteiger charge is 2.16. The van der Waals surface area contributed by atoms with Crippen molar-refractivity contribution < 1.29 is 23.9 Å². The van der Waals surface area contributed by atoms with Gasteiger partial charge in [0.05, 0.1) is 25.2 Å². The maximum atomic E-state index is 12.1. The summed E-state index contributed by atoms with van der Waals surface area (Å²) in [5.41, 5.74) is 2.04. The van der Waals surface area contributed by atoms with E-state index in [1.54, 1.807) is 0 Å². The van der Waals surface area contributed by atoms with Gasteiger partial charge in [0.2, 0.25) is 5.75 Å². The molecule has 0 aromatic heterocycles. The van der Waals surface area contributed by atoms with E-state index in [4.69, 9.17) is 14.2 Å². The van der Waals surface area contributed by atoms with Crippen LogP contribution in [0, 0.1) is 10.1 Å². The van der Waals surface area contributed by atoms with Gasteiger partial charge in [-0.1, -0.05) is 24.3 Å². The molecule has 0 radical (unpaired) electrons. The molecular weight excluding hydrogens is 390 g/mol. The van der Waals surface area contributed by atoms with Crippen LogP contribution in [0.2, 0.25) is 0 Å². The molecule has 0 atom stereocenters. The molecule has 0 aliphatic carbocycles. The monoisotopic (exact) mass is 415 g/mol. The summed E-state index contributed by atoms with van der Waals surface area (Å²) in [5, 5.41) is 13.7. The van der Waals surface area contributed by atoms with Crippen LogP contribution < -0.4 is 14.8 Å². The summed E-state index contributed by atoms with van der Waals surface area (Å²) in [6.45, 7) is 4.41. The molecule has 2 aromatic carbocycles. The molecule has 9 heteroatoms. The number of benzene rings is 2. The molecule has 160 valence electrons. The second-order valence-electron chi connectivity index (χ2n) is 6.86. The topological polar surface area (TPSA) is 103 Å². The van der Waals surface area contributed by atoms with Gasteiger partial charge < -0.3 is 19.5 Å². The van der Waals surface area contributed by atoms with Crippen LogP contribution in [0.5, 0.6) is 11.5 Å². The lowest BCUT2D eigenvalue weighted by Crippen LogP contribution is -2.35. The van der Waals surface area contributed by atoms with Crippen molar-refractivity contribution in [1.82, 2.24) is 10.2 Å². The van der Waals surface area contributed by atoms with Gasteiger partial charge in [0.1, 0.15) is 5.75 Å². The van der Waals surface area contributed by atoms with Crippen LogP contribution in [0.3, 0.4) is 0 Å². The fourth-order valence-electron chi connectivity index (χ4n) is 3.15. The van der Waals surface area contributed by atoms with Gasteiger partial charge in [0, 0.05) is 38.3 Å². The zero-order valence-electron chi connectivity index (χ0n) is 16.8. The maximum Gasteiger partial charge on any atom is 0.311 e. The second-order valence-corrected chi connectivity index (χ2v) is 6.86. The summed E-state index contributed by atoms with van der Waals surface area (Å²) in [7, 11) is 1.34. The zero-order valence-corrected chi connectivity index (χ0v) is 16.8. The first kappa shape index (κ1) is 21.5. The highest BCUT2D eigenvalue weighted by Crippen LogP contribution is 2.30. The van der Waals surface area contributed by atoms with Crippen molar-refractivity contribution in [3.63, 3.8) is 0 Å². The van der Waals surface area contributed by atoms with E-state index >= 15 is 0 Å². The Bertz CT molecular complexity index is 883. The van der Waals surface area contributed by atoms with E-state index in [1.165, 1.54) is 30.9 Å². The molecule has 0 saturated carbocycles. The first-order valence-corrected chi connectivity index (χ1v) is 9.65. The number of nitro groups is 1. The molecule has 30 heavy (non-hydrogen) atoms. The summed E-state index contributed by atoms with van der Waals surface area (Å²) < 4.78 is 15.8. The summed E-state index contributed by atoms with van der Waals surface area (Å²) in [4.78, 5) is 24.9. The number of ether oxygens (including phenoxy) is 3. The van der Waals surface area contributed by atoms with Crippen molar-refractivity contribution in [2.45, 2.75) is 13.1 Å². The minimum atomic E-state index is -0.539. The minimum Gasteiger partial charge on any atom is -0.490 e. The number of nitro benzene ring substituents is 1. The lowest BCUT2D eigenvalue weighted by atomic mass is 10.1. The van der Waals surface area contributed by atoms with Gasteiger partial charge in [-0.15, -0.1) is 0 Å². The van der Waals surface area contributed by atoms with E-state index in [2.05, 4.69) is 22.3 Å². The Morgan fingerprint density at radius 3 is 2.70 bits per heavy atom. The minimum absolute atomic E-state index is 0.0787. The van der Waals surface area contributed by atoms with Gasteiger partial charge in [-0.25, -0.2) is 0 Å². The average Bonchev–Trinajstić information content (AvgIpc) is 2.77. The third-order valence-corrected chi connectivity index (χ3v) is 4.71. The predicted molar refractivity (Wildman–Crippen MR) is 110 cm³/mol. The molecule has 0 bridgehead atoms. The molecule has 2 aromatic rings. The average molecular weight is 415 g/mol. The van der Waals surface area contributed by atoms with Crippen molar-refractivity contribution in [1.29, 1.82) is 0 Å². The standard InChI is InChI=1S/C21H25N3O6/c1-28-20-12-18(5-6-19(20)24(26)27)30-15-21(25)22-13-16-3-2-4-17(11-16)14-23-7-9-29-10-8-23/h2-6,11-12H,7-10,13-15H2,1H3,(H,22,25). The van der Waals surface area contributed by atoms with Crippen molar-refractivity contribution in [2.75, 3.05) is 40.0 Å². The summed E-state index contributed by atoms with van der Waals surface area (Å²) in [6.07, 6.45) is 0. The molecule has 0 spiro atoms. The molecule has 1 saturated heterocycles. The zero-order chi connectivity index (χ0) is 21.3. The van der Waals surface area contributed by atoms with Crippen molar-refractivity contribution in [2.24, 2.45) is 0 Å². The number of hydrogen-bond donors (Lipinski definition) is 1. The fourth-order valence-corrected chi connectivity index (χ4v) is 3.15. The molecule has 9 nitrogen and oxygen atoms in total. The van der Waals surface area contributed by atoms with E-state index < -0.39 is 4.92 Å². The number of nitrogens with zero attached hydrogens (tertiary/aromatic N) is 2. The number of amides is 1. The van der Waals surface area contributed by atoms with Crippen LogP contribution >= 0.6 is 0 Å². The van der Waals surface area contributed by atoms with Gasteiger partial charge in [-0.05, 0) is 17.2 Å². The SMILES string of the molecule is COc1cc(OCC(=O)NCc2cccc(CN3CCOCC3)c2)ccc1[N+](=O)[O-]. The normalized spacial score (nSPS) is 14.2. The number of carbonyl (C=O) groups excluding carboxylic acids is 1. The number of nitrogens with one attached hydrogen (secondary N) is 1. The molecule has 3 rings (SSSR count). The van der Waals surface area contributed by atoms with Gasteiger partial charge in [-0.3, -0.25) is 19.8 Å². The number of morpholine rings is 1. The Morgan fingerprint density at radius 2 is 1.97 bits per heavy atom. The lowest BCUT2D eigenvalue weighted by molar-refractivity contribution is -0.385. The van der Waals surface area contributed by atoms with E-state index in [9.17, 15) is 14.9 Å². The number of rotatable bonds is 9. The van der Waals surface area contributed by atoms with Crippen LogP contribution in [0.4, 0.5) is 5.69 Å². The highest BCUT2D eigenvalue weighted by atomic mass is 16.6. The molecule has 1 amide bonds. The Labute approximate surface area is 174 Å². The van der Waals surface area contributed by atoms with Crippen LogP contribution in [-0.2, 0) is 22.6 Å². The summed E-state index contributed by atoms with van der Waals surface area (Å²) in [5.74, 6) is 0.112. The Morgan fingerprint density at radius 1 is 1.20 bits per heavy atom. The number of methoxy groups -OCH3 is 1. The smallest absolute Gasteiger partial charge is 0.311 e. The highest BCUT2D eigenvalue weighted by molar-refractivity contribution is 5.77. The number of carbonyl (C=O) groups is 1. The quantitative estimate of drug-likeness (QED) is 0.494. The van der Waals surface area contributed by atoms with E-state index in [0.717, 1.165) is 38.4 Å². The van der Waals surface area contributed by atoms with Crippen molar-refractivity contribution >= 4 is 11.6 Å². The largest absolute Gasteiger partial charge is 0.490 e. The van der Waals surface area contributed by atoms with E-state index in [1.807, 2.05) is 12.1 Å². The van der Waals surface area contributed by atoms with Crippen LogP contribution in [0.1, 0.15) is 11.1 Å². The number of hydrogen-bond acceptors (Lipinski definition) is 7. The van der Waals surface area contributed by atoms with Gasteiger partial charge >= 0.3 is 5.69 Å². The Kier molecular flexibility index (Phi) is 7.58. The lowest BCUT2D eigenvalue weighted by Gasteiger charge is -2.26. The van der Waals surface area contributed by atoms with E-state index in [-0.39, 0.29) is 24.0 Å². The third-order valence-electron chi connectivity index (χ3n) is 4.71. The van der Waals surface area contributed by atoms with E-state index in [0.29, 0.717) is 12.3 Å². The molecule has 1 aliphatic rings. The predicted octanol–water partition coefficient (Wildman–Crippen LogP) is 2.13. The molecule has 0 unspecified atom stereocenters. The molecule has 1 heterocycles. The van der Waals surface area contributed by atoms with Gasteiger partial charge in [-0.2, -0.15) is 0 Å². The first-order valence-electron chi connectivity index (χ1n) is 9.65. The Balaban J connectivity index is 1.47. The van der Waals surface area contributed by atoms with Gasteiger partial charge in [0.25, 0.3) is 5.91 Å². The van der Waals surface area contributed by atoms with Crippen molar-refractivity contribution in [3.8, 4) is 11.5 Å². The van der Waals surface area contributed by atoms with Crippen molar-refractivity contribution in [3.05, 3.63) is 63.7 Å². The van der Waals surface area contributed by atoms with Crippen LogP contribution in [0.25, 0.3) is 0 Å². The molecular formula is C21H25N3O6. The van der Waals surface area contributed by atoms with Gasteiger partial charge in [0.15, 0.2) is 6.61 Å². The van der Waals surface area contributed by atoms with Crippen LogP contribution in [0.15, 0.2) is 42.5 Å². The maximum absolute atomic E-state index is 12.1. The fraction of sp³-hybridized carbons (Fsp3) is 0.381. The molecule has 1 fully saturated rings. The first-order chi connectivity index (χ1) is 14.5. The second kappa shape index (κ2) is 10.6.